The third-order valence-electron chi connectivity index (χ3n) is 3.39. The summed E-state index contributed by atoms with van der Waals surface area (Å²) in [6.45, 7) is 8.30. The molecule has 24 heavy (non-hydrogen) atoms. The summed E-state index contributed by atoms with van der Waals surface area (Å²) in [6, 6.07) is 7.96. The van der Waals surface area contributed by atoms with Crippen LogP contribution in [0.2, 0.25) is 0 Å². The zero-order chi connectivity index (χ0) is 18.1. The Morgan fingerprint density at radius 2 is 1.58 bits per heavy atom. The van der Waals surface area contributed by atoms with Gasteiger partial charge in [-0.05, 0) is 45.0 Å². The second-order valence-electron chi connectivity index (χ2n) is 5.66. The molecule has 0 bridgehead atoms. The lowest BCUT2D eigenvalue weighted by Gasteiger charge is -2.27. The van der Waals surface area contributed by atoms with Crippen LogP contribution in [0.1, 0.15) is 27.7 Å². The fourth-order valence-corrected chi connectivity index (χ4v) is 2.23. The van der Waals surface area contributed by atoms with Crippen molar-refractivity contribution in [1.29, 1.82) is 0 Å². The SMILES string of the molecule is CCN(c1ccc(NC(=O)CNC(=O)CNC(C)=O)cc1)C(C)C. The number of carbonyl (C=O) groups excluding carboxylic acids is 3. The van der Waals surface area contributed by atoms with E-state index in [2.05, 4.69) is 41.6 Å². The highest BCUT2D eigenvalue weighted by Gasteiger charge is 2.09. The predicted octanol–water partition coefficient (Wildman–Crippen LogP) is 1.11. The van der Waals surface area contributed by atoms with Crippen LogP contribution in [0.25, 0.3) is 0 Å². The number of amides is 3. The van der Waals surface area contributed by atoms with E-state index in [0.29, 0.717) is 11.7 Å². The predicted molar refractivity (Wildman–Crippen MR) is 94.9 cm³/mol. The molecule has 132 valence electrons. The van der Waals surface area contributed by atoms with E-state index < -0.39 is 5.91 Å². The van der Waals surface area contributed by atoms with E-state index in [9.17, 15) is 14.4 Å². The van der Waals surface area contributed by atoms with Gasteiger partial charge in [-0.15, -0.1) is 0 Å². The Labute approximate surface area is 142 Å². The maximum atomic E-state index is 11.8. The van der Waals surface area contributed by atoms with Crippen molar-refractivity contribution in [2.24, 2.45) is 0 Å². The Bertz CT molecular complexity index is 570. The van der Waals surface area contributed by atoms with Crippen molar-refractivity contribution in [2.45, 2.75) is 33.7 Å². The average molecular weight is 334 g/mol. The molecular formula is C17H26N4O3. The third-order valence-corrected chi connectivity index (χ3v) is 3.39. The summed E-state index contributed by atoms with van der Waals surface area (Å²) in [6.07, 6.45) is 0. The zero-order valence-electron chi connectivity index (χ0n) is 14.7. The van der Waals surface area contributed by atoms with Crippen molar-refractivity contribution in [2.75, 3.05) is 29.9 Å². The molecular weight excluding hydrogens is 308 g/mol. The molecule has 0 spiro atoms. The molecule has 0 saturated carbocycles. The standard InChI is InChI=1S/C17H26N4O3/c1-5-21(12(2)3)15-8-6-14(7-9-15)20-17(24)11-19-16(23)10-18-13(4)22/h6-9,12H,5,10-11H2,1-4H3,(H,18,22)(H,19,23)(H,20,24). The zero-order valence-corrected chi connectivity index (χ0v) is 14.7. The molecule has 3 N–H and O–H groups in total. The van der Waals surface area contributed by atoms with Crippen LogP contribution in [0.15, 0.2) is 24.3 Å². The second kappa shape index (κ2) is 9.54. The van der Waals surface area contributed by atoms with E-state index in [1.165, 1.54) is 6.92 Å². The topological polar surface area (TPSA) is 90.5 Å². The minimum Gasteiger partial charge on any atom is -0.369 e. The molecule has 1 rings (SSSR count). The van der Waals surface area contributed by atoms with Gasteiger partial charge >= 0.3 is 0 Å². The molecule has 0 aliphatic rings. The highest BCUT2D eigenvalue weighted by Crippen LogP contribution is 2.19. The number of hydrogen-bond acceptors (Lipinski definition) is 4. The van der Waals surface area contributed by atoms with Crippen LogP contribution in [-0.4, -0.2) is 43.4 Å². The Hall–Kier alpha value is -2.57. The largest absolute Gasteiger partial charge is 0.369 e. The quantitative estimate of drug-likeness (QED) is 0.664. The third kappa shape index (κ3) is 6.68. The van der Waals surface area contributed by atoms with Gasteiger partial charge in [0.1, 0.15) is 0 Å². The van der Waals surface area contributed by atoms with Crippen LogP contribution in [0.4, 0.5) is 11.4 Å². The van der Waals surface area contributed by atoms with Crippen molar-refractivity contribution in [1.82, 2.24) is 10.6 Å². The number of rotatable bonds is 8. The number of hydrogen-bond donors (Lipinski definition) is 3. The minimum atomic E-state index is -0.411. The summed E-state index contributed by atoms with van der Waals surface area (Å²) in [5, 5.41) is 7.52. The Kier molecular flexibility index (Phi) is 7.74. The van der Waals surface area contributed by atoms with Gasteiger partial charge in [0.2, 0.25) is 17.7 Å². The normalized spacial score (nSPS) is 10.2. The summed E-state index contributed by atoms with van der Waals surface area (Å²) in [5.41, 5.74) is 1.76. The first-order valence-corrected chi connectivity index (χ1v) is 8.01. The van der Waals surface area contributed by atoms with Crippen molar-refractivity contribution in [3.05, 3.63) is 24.3 Å². The number of benzene rings is 1. The first-order chi connectivity index (χ1) is 11.3. The summed E-state index contributed by atoms with van der Waals surface area (Å²) >= 11 is 0. The molecule has 0 atom stereocenters. The number of carbonyl (C=O) groups is 3. The van der Waals surface area contributed by atoms with Crippen molar-refractivity contribution in [3.8, 4) is 0 Å². The lowest BCUT2D eigenvalue weighted by atomic mass is 10.2. The monoisotopic (exact) mass is 334 g/mol. The van der Waals surface area contributed by atoms with E-state index in [-0.39, 0.29) is 24.9 Å². The van der Waals surface area contributed by atoms with E-state index in [4.69, 9.17) is 0 Å². The Morgan fingerprint density at radius 1 is 1.00 bits per heavy atom. The number of nitrogens with one attached hydrogen (secondary N) is 3. The molecule has 7 nitrogen and oxygen atoms in total. The fraction of sp³-hybridized carbons (Fsp3) is 0.471. The fourth-order valence-electron chi connectivity index (χ4n) is 2.23. The average Bonchev–Trinajstić information content (AvgIpc) is 2.53. The molecule has 1 aromatic rings. The number of anilines is 2. The molecule has 0 aliphatic heterocycles. The molecule has 0 unspecified atom stereocenters. The lowest BCUT2D eigenvalue weighted by molar-refractivity contribution is -0.126. The van der Waals surface area contributed by atoms with Crippen molar-refractivity contribution >= 4 is 29.1 Å². The van der Waals surface area contributed by atoms with E-state index in [0.717, 1.165) is 12.2 Å². The van der Waals surface area contributed by atoms with Gasteiger partial charge in [0.15, 0.2) is 0 Å². The van der Waals surface area contributed by atoms with Gasteiger partial charge in [0.25, 0.3) is 0 Å². The first-order valence-electron chi connectivity index (χ1n) is 8.01. The van der Waals surface area contributed by atoms with Gasteiger partial charge in [-0.1, -0.05) is 0 Å². The maximum Gasteiger partial charge on any atom is 0.243 e. The summed E-state index contributed by atoms with van der Waals surface area (Å²) in [5.74, 6) is -1.03. The molecule has 1 aromatic carbocycles. The van der Waals surface area contributed by atoms with Gasteiger partial charge in [-0.25, -0.2) is 0 Å². The molecule has 0 heterocycles. The van der Waals surface area contributed by atoms with Crippen molar-refractivity contribution < 1.29 is 14.4 Å². The van der Waals surface area contributed by atoms with Crippen LogP contribution in [0, 0.1) is 0 Å². The van der Waals surface area contributed by atoms with Crippen LogP contribution in [0.3, 0.4) is 0 Å². The molecule has 0 saturated heterocycles. The molecule has 0 aromatic heterocycles. The highest BCUT2D eigenvalue weighted by molar-refractivity contribution is 5.95. The van der Waals surface area contributed by atoms with E-state index >= 15 is 0 Å². The first kappa shape index (κ1) is 19.5. The molecule has 0 fully saturated rings. The molecule has 7 heteroatoms. The second-order valence-corrected chi connectivity index (χ2v) is 5.66. The van der Waals surface area contributed by atoms with Crippen LogP contribution in [-0.2, 0) is 14.4 Å². The van der Waals surface area contributed by atoms with Crippen molar-refractivity contribution in [3.63, 3.8) is 0 Å². The van der Waals surface area contributed by atoms with E-state index in [1.54, 1.807) is 0 Å². The van der Waals surface area contributed by atoms with Crippen LogP contribution < -0.4 is 20.9 Å². The maximum absolute atomic E-state index is 11.8. The van der Waals surface area contributed by atoms with Gasteiger partial charge < -0.3 is 20.9 Å². The highest BCUT2D eigenvalue weighted by atomic mass is 16.2. The van der Waals surface area contributed by atoms with Gasteiger partial charge in [0.05, 0.1) is 13.1 Å². The Morgan fingerprint density at radius 3 is 2.08 bits per heavy atom. The summed E-state index contributed by atoms with van der Waals surface area (Å²) in [7, 11) is 0. The number of nitrogens with zero attached hydrogens (tertiary/aromatic N) is 1. The summed E-state index contributed by atoms with van der Waals surface area (Å²) < 4.78 is 0. The molecule has 0 radical (unpaired) electrons. The van der Waals surface area contributed by atoms with Gasteiger partial charge in [0, 0.05) is 30.9 Å². The van der Waals surface area contributed by atoms with Crippen LogP contribution >= 0.6 is 0 Å². The van der Waals surface area contributed by atoms with Crippen LogP contribution in [0.5, 0.6) is 0 Å². The lowest BCUT2D eigenvalue weighted by Crippen LogP contribution is -2.39. The van der Waals surface area contributed by atoms with Gasteiger partial charge in [-0.3, -0.25) is 14.4 Å². The smallest absolute Gasteiger partial charge is 0.243 e. The Balaban J connectivity index is 2.47. The molecule has 0 aliphatic carbocycles. The minimum absolute atomic E-state index is 0.140. The summed E-state index contributed by atoms with van der Waals surface area (Å²) in [4.78, 5) is 36.2. The van der Waals surface area contributed by atoms with Gasteiger partial charge in [-0.2, -0.15) is 0 Å². The van der Waals surface area contributed by atoms with E-state index in [1.807, 2.05) is 24.3 Å². The molecule has 3 amide bonds.